The summed E-state index contributed by atoms with van der Waals surface area (Å²) in [5.74, 6) is -0.268. The monoisotopic (exact) mass is 248 g/mol. The van der Waals surface area contributed by atoms with Crippen LogP contribution in [0.5, 0.6) is 0 Å². The van der Waals surface area contributed by atoms with Crippen LogP contribution < -0.4 is 5.73 Å². The average Bonchev–Trinajstić information content (AvgIpc) is 2.23. The predicted octanol–water partition coefficient (Wildman–Crippen LogP) is -0.453. The van der Waals surface area contributed by atoms with E-state index in [1.54, 1.807) is 0 Å². The van der Waals surface area contributed by atoms with Crippen LogP contribution in [0.15, 0.2) is 4.99 Å². The molecule has 1 aliphatic rings. The van der Waals surface area contributed by atoms with Crippen LogP contribution in [-0.4, -0.2) is 51.1 Å². The van der Waals surface area contributed by atoms with Gasteiger partial charge in [-0.25, -0.2) is 0 Å². The molecule has 4 atom stereocenters. The first kappa shape index (κ1) is 13.8. The van der Waals surface area contributed by atoms with Crippen molar-refractivity contribution in [3.8, 4) is 0 Å². The molecule has 1 saturated carbocycles. The molecule has 5 nitrogen and oxygen atoms in total. The van der Waals surface area contributed by atoms with Crippen molar-refractivity contribution >= 4 is 16.9 Å². The molecule has 1 aliphatic carbocycles. The van der Waals surface area contributed by atoms with Crippen LogP contribution in [0.3, 0.4) is 0 Å². The van der Waals surface area contributed by atoms with Gasteiger partial charge >= 0.3 is 0 Å². The van der Waals surface area contributed by atoms with E-state index in [1.807, 2.05) is 6.92 Å². The molecule has 0 aliphatic heterocycles. The van der Waals surface area contributed by atoms with Crippen molar-refractivity contribution in [2.45, 2.75) is 37.2 Å². The van der Waals surface area contributed by atoms with Gasteiger partial charge in [-0.1, -0.05) is 11.8 Å². The van der Waals surface area contributed by atoms with Gasteiger partial charge in [-0.15, -0.1) is 0 Å². The molecule has 5 N–H and O–H groups in total. The maximum Gasteiger partial charge on any atom is 0.154 e. The van der Waals surface area contributed by atoms with Gasteiger partial charge in [-0.3, -0.25) is 4.99 Å². The van der Waals surface area contributed by atoms with Crippen LogP contribution in [0.2, 0.25) is 0 Å². The van der Waals surface area contributed by atoms with Gasteiger partial charge in [-0.2, -0.15) is 0 Å². The summed E-state index contributed by atoms with van der Waals surface area (Å²) >= 11 is 1.42. The quantitative estimate of drug-likeness (QED) is 0.400. The Labute approximate surface area is 99.8 Å². The van der Waals surface area contributed by atoms with Gasteiger partial charge in [0, 0.05) is 24.3 Å². The topological polar surface area (TPSA) is 99.1 Å². The third-order valence-electron chi connectivity index (χ3n) is 2.78. The van der Waals surface area contributed by atoms with Crippen molar-refractivity contribution in [2.24, 2.45) is 16.6 Å². The second kappa shape index (κ2) is 6.44. The second-order valence-electron chi connectivity index (χ2n) is 4.02. The first-order valence-corrected chi connectivity index (χ1v) is 6.40. The Kier molecular flexibility index (Phi) is 5.54. The van der Waals surface area contributed by atoms with E-state index >= 15 is 0 Å². The zero-order valence-electron chi connectivity index (χ0n) is 9.41. The summed E-state index contributed by atoms with van der Waals surface area (Å²) in [5, 5.41) is 29.0. The van der Waals surface area contributed by atoms with Gasteiger partial charge in [0.05, 0.1) is 12.2 Å². The Bertz CT molecular complexity index is 250. The van der Waals surface area contributed by atoms with Gasteiger partial charge in [0.15, 0.2) is 5.17 Å². The Morgan fingerprint density at radius 1 is 1.44 bits per heavy atom. The highest BCUT2D eigenvalue weighted by Gasteiger charge is 2.35. The molecule has 0 aromatic heterocycles. The SMILES string of the molecule is CCN=C(N)S[C@H]1C[C@H](CO)[C@@H](O)[C@H](O)C1. The molecule has 16 heavy (non-hydrogen) atoms. The van der Waals surface area contributed by atoms with E-state index < -0.39 is 12.2 Å². The third-order valence-corrected chi connectivity index (χ3v) is 3.87. The molecule has 6 heteroatoms. The molecule has 94 valence electrons. The molecular formula is C10H20N2O3S. The molecule has 0 heterocycles. The van der Waals surface area contributed by atoms with Crippen LogP contribution in [0.4, 0.5) is 0 Å². The lowest BCUT2D eigenvalue weighted by Crippen LogP contribution is -2.44. The van der Waals surface area contributed by atoms with E-state index in [1.165, 1.54) is 11.8 Å². The Morgan fingerprint density at radius 2 is 2.12 bits per heavy atom. The average molecular weight is 248 g/mol. The number of aliphatic imine (C=N–C) groups is 1. The molecule has 1 rings (SSSR count). The first-order valence-electron chi connectivity index (χ1n) is 5.52. The number of thioether (sulfide) groups is 1. The van der Waals surface area contributed by atoms with Crippen molar-refractivity contribution in [1.82, 2.24) is 0 Å². The van der Waals surface area contributed by atoms with E-state index in [0.717, 1.165) is 0 Å². The molecule has 1 fully saturated rings. The van der Waals surface area contributed by atoms with E-state index in [-0.39, 0.29) is 17.8 Å². The number of amidine groups is 1. The summed E-state index contributed by atoms with van der Waals surface area (Å²) in [6.07, 6.45) is -0.467. The summed E-state index contributed by atoms with van der Waals surface area (Å²) in [6.45, 7) is 2.43. The summed E-state index contributed by atoms with van der Waals surface area (Å²) in [7, 11) is 0. The zero-order valence-corrected chi connectivity index (χ0v) is 10.2. The number of hydrogen-bond acceptors (Lipinski definition) is 5. The highest BCUT2D eigenvalue weighted by molar-refractivity contribution is 8.14. The van der Waals surface area contributed by atoms with Crippen LogP contribution in [0.25, 0.3) is 0 Å². The molecule has 0 aromatic carbocycles. The standard InChI is InChI=1S/C10H20N2O3S/c1-2-12-10(11)16-7-3-6(5-13)9(15)8(14)4-7/h6-9,13-15H,2-5H2,1H3,(H2,11,12)/t6-,7+,8-,9-/m1/s1. The largest absolute Gasteiger partial charge is 0.396 e. The maximum atomic E-state index is 9.64. The second-order valence-corrected chi connectivity index (χ2v) is 5.35. The Morgan fingerprint density at radius 3 is 2.69 bits per heavy atom. The van der Waals surface area contributed by atoms with Crippen molar-refractivity contribution in [2.75, 3.05) is 13.2 Å². The molecule has 0 aromatic rings. The lowest BCUT2D eigenvalue weighted by Gasteiger charge is -2.35. The van der Waals surface area contributed by atoms with E-state index in [2.05, 4.69) is 4.99 Å². The van der Waals surface area contributed by atoms with Crippen LogP contribution >= 0.6 is 11.8 Å². The van der Waals surface area contributed by atoms with Crippen molar-refractivity contribution < 1.29 is 15.3 Å². The molecule has 0 unspecified atom stereocenters. The van der Waals surface area contributed by atoms with Crippen molar-refractivity contribution in [1.29, 1.82) is 0 Å². The summed E-state index contributed by atoms with van der Waals surface area (Å²) in [5.41, 5.74) is 5.69. The van der Waals surface area contributed by atoms with Crippen molar-refractivity contribution in [3.63, 3.8) is 0 Å². The highest BCUT2D eigenvalue weighted by atomic mass is 32.2. The molecular weight excluding hydrogens is 228 g/mol. The minimum Gasteiger partial charge on any atom is -0.396 e. The van der Waals surface area contributed by atoms with Crippen LogP contribution in [0, 0.1) is 5.92 Å². The summed E-state index contributed by atoms with van der Waals surface area (Å²) < 4.78 is 0. The van der Waals surface area contributed by atoms with E-state index in [4.69, 9.17) is 10.8 Å². The van der Waals surface area contributed by atoms with Gasteiger partial charge < -0.3 is 21.1 Å². The Hall–Kier alpha value is -0.300. The fraction of sp³-hybridized carbons (Fsp3) is 0.900. The van der Waals surface area contributed by atoms with Crippen LogP contribution in [-0.2, 0) is 0 Å². The molecule has 0 amide bonds. The summed E-state index contributed by atoms with van der Waals surface area (Å²) in [6, 6.07) is 0. The van der Waals surface area contributed by atoms with Gasteiger partial charge in [0.1, 0.15) is 0 Å². The summed E-state index contributed by atoms with van der Waals surface area (Å²) in [4.78, 5) is 4.06. The number of aliphatic hydroxyl groups excluding tert-OH is 3. The van der Waals surface area contributed by atoms with Gasteiger partial charge in [-0.05, 0) is 19.8 Å². The smallest absolute Gasteiger partial charge is 0.154 e. The fourth-order valence-electron chi connectivity index (χ4n) is 1.94. The lowest BCUT2D eigenvalue weighted by atomic mass is 9.85. The minimum absolute atomic E-state index is 0.111. The van der Waals surface area contributed by atoms with Crippen molar-refractivity contribution in [3.05, 3.63) is 0 Å². The predicted molar refractivity (Wildman–Crippen MR) is 65.4 cm³/mol. The maximum absolute atomic E-state index is 9.64. The molecule has 0 bridgehead atoms. The zero-order chi connectivity index (χ0) is 12.1. The fourth-order valence-corrected chi connectivity index (χ4v) is 3.12. The molecule has 0 radical (unpaired) electrons. The number of hydrogen-bond donors (Lipinski definition) is 4. The first-order chi connectivity index (χ1) is 7.58. The number of nitrogens with zero attached hydrogens (tertiary/aromatic N) is 1. The molecule has 0 saturated heterocycles. The Balaban J connectivity index is 2.53. The minimum atomic E-state index is -0.828. The number of nitrogens with two attached hydrogens (primary N) is 1. The number of aliphatic hydroxyl groups is 3. The van der Waals surface area contributed by atoms with Gasteiger partial charge in [0.25, 0.3) is 0 Å². The van der Waals surface area contributed by atoms with E-state index in [0.29, 0.717) is 24.6 Å². The highest BCUT2D eigenvalue weighted by Crippen LogP contribution is 2.32. The third kappa shape index (κ3) is 3.62. The van der Waals surface area contributed by atoms with Crippen LogP contribution in [0.1, 0.15) is 19.8 Å². The van der Waals surface area contributed by atoms with Gasteiger partial charge in [0.2, 0.25) is 0 Å². The van der Waals surface area contributed by atoms with E-state index in [9.17, 15) is 10.2 Å². The molecule has 0 spiro atoms. The number of rotatable bonds is 3. The normalized spacial score (nSPS) is 36.4. The lowest BCUT2D eigenvalue weighted by molar-refractivity contribution is -0.0565.